The number of hydrogen-bond donors (Lipinski definition) is 1. The van der Waals surface area contributed by atoms with Gasteiger partial charge in [-0.15, -0.1) is 0 Å². The molecule has 2 rings (SSSR count). The van der Waals surface area contributed by atoms with Gasteiger partial charge in [0.2, 0.25) is 0 Å². The number of ether oxygens (including phenoxy) is 2. The monoisotopic (exact) mass is 327 g/mol. The van der Waals surface area contributed by atoms with Crippen LogP contribution in [0.1, 0.15) is 31.2 Å². The first-order chi connectivity index (χ1) is 9.08. The van der Waals surface area contributed by atoms with Crippen LogP contribution in [-0.4, -0.2) is 25.9 Å². The SMILES string of the molecule is COc1ccc(Br)cc1CC(N)CC1(OC)CCC1. The molecule has 1 atom stereocenters. The van der Waals surface area contributed by atoms with Gasteiger partial charge in [-0.3, -0.25) is 0 Å². The van der Waals surface area contributed by atoms with E-state index in [9.17, 15) is 0 Å². The fourth-order valence-corrected chi connectivity index (χ4v) is 3.21. The Kier molecular flexibility index (Phi) is 4.87. The molecule has 1 aliphatic carbocycles. The van der Waals surface area contributed by atoms with Gasteiger partial charge in [-0.05, 0) is 55.9 Å². The molecule has 0 heterocycles. The summed E-state index contributed by atoms with van der Waals surface area (Å²) >= 11 is 3.49. The van der Waals surface area contributed by atoms with Crippen LogP contribution in [0, 0.1) is 0 Å². The highest BCUT2D eigenvalue weighted by molar-refractivity contribution is 9.10. The highest BCUT2D eigenvalue weighted by Gasteiger charge is 2.38. The van der Waals surface area contributed by atoms with Crippen LogP contribution in [0.3, 0.4) is 0 Å². The van der Waals surface area contributed by atoms with Crippen molar-refractivity contribution in [1.82, 2.24) is 0 Å². The van der Waals surface area contributed by atoms with Crippen LogP contribution in [0.4, 0.5) is 0 Å². The van der Waals surface area contributed by atoms with Gasteiger partial charge in [-0.2, -0.15) is 0 Å². The first kappa shape index (κ1) is 14.8. The summed E-state index contributed by atoms with van der Waals surface area (Å²) in [6.45, 7) is 0. The quantitative estimate of drug-likeness (QED) is 0.871. The summed E-state index contributed by atoms with van der Waals surface area (Å²) in [7, 11) is 3.49. The number of nitrogens with two attached hydrogens (primary N) is 1. The number of benzene rings is 1. The predicted octanol–water partition coefficient (Wildman–Crippen LogP) is 3.29. The Morgan fingerprint density at radius 1 is 1.37 bits per heavy atom. The van der Waals surface area contributed by atoms with E-state index < -0.39 is 0 Å². The third-order valence-corrected chi connectivity index (χ3v) is 4.55. The summed E-state index contributed by atoms with van der Waals surface area (Å²) in [4.78, 5) is 0. The van der Waals surface area contributed by atoms with E-state index in [2.05, 4.69) is 22.0 Å². The van der Waals surface area contributed by atoms with Gasteiger partial charge in [0.25, 0.3) is 0 Å². The van der Waals surface area contributed by atoms with Gasteiger partial charge in [0.05, 0.1) is 12.7 Å². The molecule has 1 aromatic carbocycles. The third-order valence-electron chi connectivity index (χ3n) is 4.06. The Balaban J connectivity index is 2.02. The van der Waals surface area contributed by atoms with E-state index >= 15 is 0 Å². The van der Waals surface area contributed by atoms with Crippen LogP contribution >= 0.6 is 15.9 Å². The van der Waals surface area contributed by atoms with E-state index in [0.717, 1.165) is 41.5 Å². The lowest BCUT2D eigenvalue weighted by molar-refractivity contribution is -0.0813. The van der Waals surface area contributed by atoms with Crippen LogP contribution in [0.25, 0.3) is 0 Å². The highest BCUT2D eigenvalue weighted by atomic mass is 79.9. The molecule has 106 valence electrons. The van der Waals surface area contributed by atoms with Crippen LogP contribution in [0.5, 0.6) is 5.75 Å². The van der Waals surface area contributed by atoms with Crippen molar-refractivity contribution in [2.45, 2.75) is 43.7 Å². The fraction of sp³-hybridized carbons (Fsp3) is 0.600. The van der Waals surface area contributed by atoms with E-state index in [1.165, 1.54) is 6.42 Å². The summed E-state index contributed by atoms with van der Waals surface area (Å²) in [6, 6.07) is 6.14. The van der Waals surface area contributed by atoms with Gasteiger partial charge in [0, 0.05) is 17.6 Å². The van der Waals surface area contributed by atoms with E-state index in [1.54, 1.807) is 14.2 Å². The summed E-state index contributed by atoms with van der Waals surface area (Å²) in [6.07, 6.45) is 5.24. The average Bonchev–Trinajstić information content (AvgIpc) is 2.34. The fourth-order valence-electron chi connectivity index (χ4n) is 2.80. The van der Waals surface area contributed by atoms with Crippen molar-refractivity contribution >= 4 is 15.9 Å². The first-order valence-electron chi connectivity index (χ1n) is 6.72. The topological polar surface area (TPSA) is 44.5 Å². The lowest BCUT2D eigenvalue weighted by atomic mass is 9.75. The molecule has 2 N–H and O–H groups in total. The zero-order valence-electron chi connectivity index (χ0n) is 11.6. The molecule has 0 radical (unpaired) electrons. The Morgan fingerprint density at radius 3 is 2.63 bits per heavy atom. The number of hydrogen-bond acceptors (Lipinski definition) is 3. The second kappa shape index (κ2) is 6.25. The Labute approximate surface area is 123 Å². The summed E-state index contributed by atoms with van der Waals surface area (Å²) < 4.78 is 12.1. The van der Waals surface area contributed by atoms with Gasteiger partial charge in [-0.25, -0.2) is 0 Å². The molecular formula is C15H22BrNO2. The molecule has 1 unspecified atom stereocenters. The molecular weight excluding hydrogens is 306 g/mol. The Hall–Kier alpha value is -0.580. The van der Waals surface area contributed by atoms with E-state index in [1.807, 2.05) is 12.1 Å². The van der Waals surface area contributed by atoms with E-state index in [-0.39, 0.29) is 11.6 Å². The van der Waals surface area contributed by atoms with Gasteiger partial charge in [-0.1, -0.05) is 15.9 Å². The third kappa shape index (κ3) is 3.50. The van der Waals surface area contributed by atoms with Gasteiger partial charge in [0.1, 0.15) is 5.75 Å². The molecule has 0 aliphatic heterocycles. The van der Waals surface area contributed by atoms with E-state index in [4.69, 9.17) is 15.2 Å². The van der Waals surface area contributed by atoms with Crippen LogP contribution in [0.15, 0.2) is 22.7 Å². The molecule has 0 bridgehead atoms. The van der Waals surface area contributed by atoms with Gasteiger partial charge < -0.3 is 15.2 Å². The van der Waals surface area contributed by atoms with Gasteiger partial charge in [0.15, 0.2) is 0 Å². The molecule has 3 nitrogen and oxygen atoms in total. The van der Waals surface area contributed by atoms with Crippen molar-refractivity contribution in [2.24, 2.45) is 5.73 Å². The minimum absolute atomic E-state index is 0.0265. The van der Waals surface area contributed by atoms with Gasteiger partial charge >= 0.3 is 0 Å². The normalized spacial score (nSPS) is 18.7. The molecule has 1 aromatic rings. The number of methoxy groups -OCH3 is 2. The zero-order valence-corrected chi connectivity index (χ0v) is 13.2. The summed E-state index contributed by atoms with van der Waals surface area (Å²) in [5.41, 5.74) is 7.47. The predicted molar refractivity (Wildman–Crippen MR) is 80.6 cm³/mol. The molecule has 0 aromatic heterocycles. The largest absolute Gasteiger partial charge is 0.496 e. The number of halogens is 1. The lowest BCUT2D eigenvalue weighted by Gasteiger charge is -2.42. The van der Waals surface area contributed by atoms with Crippen molar-refractivity contribution in [3.05, 3.63) is 28.2 Å². The molecule has 0 amide bonds. The van der Waals surface area contributed by atoms with Crippen LogP contribution < -0.4 is 10.5 Å². The van der Waals surface area contributed by atoms with Crippen LogP contribution in [-0.2, 0) is 11.2 Å². The minimum atomic E-state index is 0.0265. The van der Waals surface area contributed by atoms with Crippen molar-refractivity contribution in [1.29, 1.82) is 0 Å². The second-order valence-electron chi connectivity index (χ2n) is 5.37. The number of rotatable bonds is 6. The maximum absolute atomic E-state index is 6.30. The maximum atomic E-state index is 6.30. The Bertz CT molecular complexity index is 427. The standard InChI is InChI=1S/C15H22BrNO2/c1-18-14-5-4-12(16)8-11(14)9-13(17)10-15(19-2)6-3-7-15/h4-5,8,13H,3,6-7,9-10,17H2,1-2H3. The smallest absolute Gasteiger partial charge is 0.122 e. The summed E-state index contributed by atoms with van der Waals surface area (Å²) in [5.74, 6) is 0.902. The summed E-state index contributed by atoms with van der Waals surface area (Å²) in [5, 5.41) is 0. The Morgan fingerprint density at radius 2 is 2.11 bits per heavy atom. The second-order valence-corrected chi connectivity index (χ2v) is 6.28. The lowest BCUT2D eigenvalue weighted by Crippen LogP contribution is -2.45. The molecule has 19 heavy (non-hydrogen) atoms. The molecule has 1 aliphatic rings. The molecule has 1 fully saturated rings. The van der Waals surface area contributed by atoms with Crippen molar-refractivity contribution in [3.8, 4) is 5.75 Å². The van der Waals surface area contributed by atoms with Crippen molar-refractivity contribution < 1.29 is 9.47 Å². The zero-order chi connectivity index (χ0) is 13.9. The molecule has 0 spiro atoms. The molecule has 1 saturated carbocycles. The molecule has 4 heteroatoms. The average molecular weight is 328 g/mol. The maximum Gasteiger partial charge on any atom is 0.122 e. The first-order valence-corrected chi connectivity index (χ1v) is 7.51. The van der Waals surface area contributed by atoms with Crippen LogP contribution in [0.2, 0.25) is 0 Å². The van der Waals surface area contributed by atoms with E-state index in [0.29, 0.717) is 0 Å². The van der Waals surface area contributed by atoms with Crippen molar-refractivity contribution in [2.75, 3.05) is 14.2 Å². The highest BCUT2D eigenvalue weighted by Crippen LogP contribution is 2.39. The molecule has 0 saturated heterocycles. The minimum Gasteiger partial charge on any atom is -0.496 e. The van der Waals surface area contributed by atoms with Crippen molar-refractivity contribution in [3.63, 3.8) is 0 Å².